The van der Waals surface area contributed by atoms with Gasteiger partial charge in [0.2, 0.25) is 5.91 Å². The van der Waals surface area contributed by atoms with E-state index in [0.29, 0.717) is 13.0 Å². The predicted molar refractivity (Wildman–Crippen MR) is 63.5 cm³/mol. The van der Waals surface area contributed by atoms with Crippen LogP contribution in [0.5, 0.6) is 0 Å². The van der Waals surface area contributed by atoms with Crippen LogP contribution in [0.25, 0.3) is 0 Å². The Kier molecular flexibility index (Phi) is 2.69. The van der Waals surface area contributed by atoms with Crippen molar-refractivity contribution in [3.8, 4) is 0 Å². The van der Waals surface area contributed by atoms with Crippen LogP contribution in [0.2, 0.25) is 0 Å². The summed E-state index contributed by atoms with van der Waals surface area (Å²) in [7, 11) is 0. The summed E-state index contributed by atoms with van der Waals surface area (Å²) in [4.78, 5) is 17.7. The fraction of sp³-hybridized carbons (Fsp3) is 0.455. The number of thiol groups is 1. The van der Waals surface area contributed by atoms with Gasteiger partial charge in [0.25, 0.3) is 0 Å². The molecule has 2 heterocycles. The number of nitrogens with zero attached hydrogens (tertiary/aromatic N) is 2. The van der Waals surface area contributed by atoms with E-state index in [4.69, 9.17) is 0 Å². The van der Waals surface area contributed by atoms with Gasteiger partial charge in [0, 0.05) is 23.9 Å². The molecule has 1 aromatic rings. The Morgan fingerprint density at radius 2 is 2.20 bits per heavy atom. The third-order valence-electron chi connectivity index (χ3n) is 2.47. The molecular weight excluding hydrogens is 208 g/mol. The predicted octanol–water partition coefficient (Wildman–Crippen LogP) is 1.73. The number of hydrogen-bond donors (Lipinski definition) is 1. The lowest BCUT2D eigenvalue weighted by molar-refractivity contribution is -0.117. The molecule has 2 rings (SSSR count). The van der Waals surface area contributed by atoms with Gasteiger partial charge in [0.15, 0.2) is 0 Å². The number of hydrogen-bond acceptors (Lipinski definition) is 3. The molecule has 3 nitrogen and oxygen atoms in total. The minimum Gasteiger partial charge on any atom is -0.296 e. The zero-order chi connectivity index (χ0) is 11.0. The quantitative estimate of drug-likeness (QED) is 0.734. The zero-order valence-corrected chi connectivity index (χ0v) is 9.79. The van der Waals surface area contributed by atoms with Gasteiger partial charge >= 0.3 is 0 Å². The van der Waals surface area contributed by atoms with Crippen LogP contribution in [0.15, 0.2) is 12.1 Å². The number of rotatable bonds is 1. The number of carbonyl (C=O) groups excluding carboxylic acids is 1. The van der Waals surface area contributed by atoms with E-state index in [1.54, 1.807) is 4.90 Å². The third-order valence-corrected chi connectivity index (χ3v) is 2.81. The molecule has 0 saturated carbocycles. The van der Waals surface area contributed by atoms with Crippen molar-refractivity contribution in [3.05, 3.63) is 23.4 Å². The van der Waals surface area contributed by atoms with Crippen molar-refractivity contribution < 1.29 is 4.79 Å². The number of pyridine rings is 1. The van der Waals surface area contributed by atoms with E-state index in [-0.39, 0.29) is 11.2 Å². The number of aromatic nitrogens is 1. The molecule has 1 aliphatic rings. The molecule has 1 fully saturated rings. The van der Waals surface area contributed by atoms with Crippen LogP contribution in [0.1, 0.15) is 17.7 Å². The first-order valence-electron chi connectivity index (χ1n) is 5.00. The highest BCUT2D eigenvalue weighted by molar-refractivity contribution is 7.81. The Hall–Kier alpha value is -1.03. The van der Waals surface area contributed by atoms with Crippen LogP contribution in [0.3, 0.4) is 0 Å². The topological polar surface area (TPSA) is 33.2 Å². The van der Waals surface area contributed by atoms with Crippen LogP contribution in [0.4, 0.5) is 5.82 Å². The van der Waals surface area contributed by atoms with Gasteiger partial charge in [-0.2, -0.15) is 12.6 Å². The van der Waals surface area contributed by atoms with Gasteiger partial charge in [-0.15, -0.1) is 0 Å². The van der Waals surface area contributed by atoms with Gasteiger partial charge in [-0.1, -0.05) is 0 Å². The van der Waals surface area contributed by atoms with E-state index in [1.165, 1.54) is 0 Å². The smallest absolute Gasteiger partial charge is 0.229 e. The van der Waals surface area contributed by atoms with E-state index in [2.05, 4.69) is 17.6 Å². The molecule has 0 bridgehead atoms. The summed E-state index contributed by atoms with van der Waals surface area (Å²) in [5.74, 6) is 0.876. The normalized spacial score (nSPS) is 21.1. The second-order valence-corrected chi connectivity index (χ2v) is 4.74. The molecule has 1 unspecified atom stereocenters. The second-order valence-electron chi connectivity index (χ2n) is 4.01. The third kappa shape index (κ3) is 2.15. The SMILES string of the molecule is Cc1cc(C)nc(N2CC(S)CC2=O)c1. The second kappa shape index (κ2) is 3.85. The van der Waals surface area contributed by atoms with Crippen molar-refractivity contribution in [1.29, 1.82) is 0 Å². The highest BCUT2D eigenvalue weighted by Gasteiger charge is 2.29. The summed E-state index contributed by atoms with van der Waals surface area (Å²) < 4.78 is 0. The highest BCUT2D eigenvalue weighted by Crippen LogP contribution is 2.23. The Labute approximate surface area is 94.9 Å². The fourth-order valence-corrected chi connectivity index (χ4v) is 2.19. The first kappa shape index (κ1) is 10.5. The van der Waals surface area contributed by atoms with Crippen LogP contribution >= 0.6 is 12.6 Å². The molecule has 4 heteroatoms. The Bertz CT molecular complexity index is 385. The maximum absolute atomic E-state index is 11.6. The molecule has 0 N–H and O–H groups in total. The van der Waals surface area contributed by atoms with Gasteiger partial charge in [0.1, 0.15) is 5.82 Å². The molecule has 1 aliphatic heterocycles. The number of amides is 1. The number of anilines is 1. The monoisotopic (exact) mass is 222 g/mol. The fourth-order valence-electron chi connectivity index (χ4n) is 1.87. The lowest BCUT2D eigenvalue weighted by Crippen LogP contribution is -2.25. The van der Waals surface area contributed by atoms with Crippen molar-refractivity contribution in [1.82, 2.24) is 4.98 Å². The van der Waals surface area contributed by atoms with Gasteiger partial charge < -0.3 is 0 Å². The number of aryl methyl sites for hydroxylation is 2. The molecule has 1 atom stereocenters. The zero-order valence-electron chi connectivity index (χ0n) is 8.90. The molecule has 1 saturated heterocycles. The summed E-state index contributed by atoms with van der Waals surface area (Å²) in [5.41, 5.74) is 2.08. The van der Waals surface area contributed by atoms with Gasteiger partial charge in [-0.3, -0.25) is 9.69 Å². The summed E-state index contributed by atoms with van der Waals surface area (Å²) >= 11 is 4.32. The van der Waals surface area contributed by atoms with Crippen molar-refractivity contribution >= 4 is 24.4 Å². The average molecular weight is 222 g/mol. The summed E-state index contributed by atoms with van der Waals surface area (Å²) in [6, 6.07) is 3.94. The first-order chi connectivity index (χ1) is 7.06. The van der Waals surface area contributed by atoms with E-state index >= 15 is 0 Å². The van der Waals surface area contributed by atoms with E-state index in [9.17, 15) is 4.79 Å². The largest absolute Gasteiger partial charge is 0.296 e. The Balaban J connectivity index is 2.33. The van der Waals surface area contributed by atoms with Crippen molar-refractivity contribution in [2.45, 2.75) is 25.5 Å². The van der Waals surface area contributed by atoms with Gasteiger partial charge in [-0.25, -0.2) is 4.98 Å². The maximum atomic E-state index is 11.6. The molecule has 1 amide bonds. The average Bonchev–Trinajstić information content (AvgIpc) is 2.43. The number of carbonyl (C=O) groups is 1. The van der Waals surface area contributed by atoms with E-state index in [1.807, 2.05) is 26.0 Å². The Morgan fingerprint density at radius 1 is 1.47 bits per heavy atom. The molecule has 80 valence electrons. The molecular formula is C11H14N2OS. The summed E-state index contributed by atoms with van der Waals surface area (Å²) in [5, 5.41) is 0.139. The Morgan fingerprint density at radius 3 is 2.73 bits per heavy atom. The van der Waals surface area contributed by atoms with Crippen LogP contribution < -0.4 is 4.90 Å². The first-order valence-corrected chi connectivity index (χ1v) is 5.51. The molecule has 0 aromatic carbocycles. The summed E-state index contributed by atoms with van der Waals surface area (Å²) in [6.45, 7) is 4.62. The van der Waals surface area contributed by atoms with Crippen molar-refractivity contribution in [3.63, 3.8) is 0 Å². The molecule has 1 aromatic heterocycles. The molecule has 0 radical (unpaired) electrons. The minimum absolute atomic E-state index is 0.118. The lowest BCUT2D eigenvalue weighted by Gasteiger charge is -2.15. The highest BCUT2D eigenvalue weighted by atomic mass is 32.1. The minimum atomic E-state index is 0.118. The maximum Gasteiger partial charge on any atom is 0.229 e. The van der Waals surface area contributed by atoms with Crippen LogP contribution in [0, 0.1) is 13.8 Å². The molecule has 0 spiro atoms. The van der Waals surface area contributed by atoms with Crippen LogP contribution in [-0.2, 0) is 4.79 Å². The van der Waals surface area contributed by atoms with E-state index < -0.39 is 0 Å². The molecule has 0 aliphatic carbocycles. The summed E-state index contributed by atoms with van der Waals surface area (Å²) in [6.07, 6.45) is 0.512. The van der Waals surface area contributed by atoms with Gasteiger partial charge in [0.05, 0.1) is 0 Å². The standard InChI is InChI=1S/C11H14N2OS/c1-7-3-8(2)12-10(4-7)13-6-9(15)5-11(13)14/h3-4,9,15H,5-6H2,1-2H3. The molecule has 15 heavy (non-hydrogen) atoms. The van der Waals surface area contributed by atoms with Crippen molar-refractivity contribution in [2.24, 2.45) is 0 Å². The lowest BCUT2D eigenvalue weighted by atomic mass is 10.2. The van der Waals surface area contributed by atoms with Gasteiger partial charge in [-0.05, 0) is 31.5 Å². The van der Waals surface area contributed by atoms with E-state index in [0.717, 1.165) is 17.1 Å². The van der Waals surface area contributed by atoms with Crippen molar-refractivity contribution in [2.75, 3.05) is 11.4 Å². The van der Waals surface area contributed by atoms with Crippen LogP contribution in [-0.4, -0.2) is 22.7 Å².